The van der Waals surface area contributed by atoms with Crippen molar-refractivity contribution >= 4 is 23.3 Å². The molecule has 1 aliphatic rings. The van der Waals surface area contributed by atoms with Gasteiger partial charge in [-0.15, -0.1) is 4.37 Å². The zero-order valence-corrected chi connectivity index (χ0v) is 26.4. The SMILES string of the molecule is CC.CC.CCCCCCCC(=O)OC(C(C)C)[N+]1(C)CCC=C(c2nsnc2OCCCCCC)C1. The largest absolute Gasteiger partial charge is 0.475 e. The van der Waals surface area contributed by atoms with Gasteiger partial charge < -0.3 is 9.47 Å². The van der Waals surface area contributed by atoms with Crippen LogP contribution in [0.1, 0.15) is 132 Å². The van der Waals surface area contributed by atoms with Crippen molar-refractivity contribution < 1.29 is 18.8 Å². The first-order chi connectivity index (χ1) is 17.9. The van der Waals surface area contributed by atoms with Crippen molar-refractivity contribution in [3.63, 3.8) is 0 Å². The molecular weight excluding hydrogens is 482 g/mol. The van der Waals surface area contributed by atoms with Crippen molar-refractivity contribution in [2.75, 3.05) is 26.7 Å². The fourth-order valence-electron chi connectivity index (χ4n) is 4.67. The van der Waals surface area contributed by atoms with E-state index in [1.165, 1.54) is 50.3 Å². The quantitative estimate of drug-likeness (QED) is 0.119. The summed E-state index contributed by atoms with van der Waals surface area (Å²) in [7, 11) is 2.21. The topological polar surface area (TPSA) is 61.3 Å². The van der Waals surface area contributed by atoms with Crippen LogP contribution in [0.5, 0.6) is 5.88 Å². The number of aromatic nitrogens is 2. The summed E-state index contributed by atoms with van der Waals surface area (Å²) in [6, 6.07) is 0. The number of unbranched alkanes of at least 4 members (excludes halogenated alkanes) is 7. The Bertz CT molecular complexity index is 735. The molecule has 2 atom stereocenters. The lowest BCUT2D eigenvalue weighted by molar-refractivity contribution is -0.950. The number of quaternary nitrogens is 1. The Kier molecular flexibility index (Phi) is 20.6. The van der Waals surface area contributed by atoms with Gasteiger partial charge in [0.15, 0.2) is 0 Å². The third-order valence-electron chi connectivity index (χ3n) is 6.48. The molecule has 2 unspecified atom stereocenters. The molecule has 0 aliphatic carbocycles. The summed E-state index contributed by atoms with van der Waals surface area (Å²) in [5.74, 6) is 0.828. The van der Waals surface area contributed by atoms with Crippen molar-refractivity contribution in [3.05, 3.63) is 11.8 Å². The van der Waals surface area contributed by atoms with Crippen molar-refractivity contribution in [3.8, 4) is 5.88 Å². The van der Waals surface area contributed by atoms with Gasteiger partial charge in [0.05, 0.1) is 31.9 Å². The molecule has 0 bridgehead atoms. The molecule has 0 amide bonds. The molecule has 0 saturated carbocycles. The van der Waals surface area contributed by atoms with Crippen LogP contribution >= 0.6 is 11.7 Å². The number of rotatable bonds is 16. The van der Waals surface area contributed by atoms with Gasteiger partial charge in [-0.2, -0.15) is 4.37 Å². The third-order valence-corrected chi connectivity index (χ3v) is 6.99. The molecule has 1 aromatic rings. The van der Waals surface area contributed by atoms with Crippen LogP contribution in [0, 0.1) is 5.92 Å². The highest BCUT2D eigenvalue weighted by Gasteiger charge is 2.41. The van der Waals surface area contributed by atoms with E-state index in [9.17, 15) is 4.79 Å². The van der Waals surface area contributed by atoms with E-state index in [0.29, 0.717) is 23.4 Å². The fourth-order valence-corrected chi connectivity index (χ4v) is 5.20. The van der Waals surface area contributed by atoms with E-state index in [4.69, 9.17) is 9.47 Å². The summed E-state index contributed by atoms with van der Waals surface area (Å²) < 4.78 is 21.8. The van der Waals surface area contributed by atoms with E-state index >= 15 is 0 Å². The van der Waals surface area contributed by atoms with Gasteiger partial charge >= 0.3 is 5.97 Å². The highest BCUT2D eigenvalue weighted by atomic mass is 32.1. The molecular formula is C30H58N3O3S+. The maximum atomic E-state index is 12.6. The second-order valence-electron chi connectivity index (χ2n) is 9.99. The molecule has 37 heavy (non-hydrogen) atoms. The lowest BCUT2D eigenvalue weighted by Crippen LogP contribution is -2.58. The minimum Gasteiger partial charge on any atom is -0.475 e. The molecule has 0 aromatic carbocycles. The Morgan fingerprint density at radius 2 is 1.59 bits per heavy atom. The smallest absolute Gasteiger partial charge is 0.310 e. The lowest BCUT2D eigenvalue weighted by atomic mass is 10.0. The molecule has 216 valence electrons. The van der Waals surface area contributed by atoms with E-state index in [1.807, 2.05) is 27.7 Å². The first-order valence-corrected chi connectivity index (χ1v) is 15.8. The lowest BCUT2D eigenvalue weighted by Gasteiger charge is -2.44. The summed E-state index contributed by atoms with van der Waals surface area (Å²) in [6.45, 7) is 19.1. The second-order valence-corrected chi connectivity index (χ2v) is 10.5. The number of hydrogen-bond acceptors (Lipinski definition) is 6. The third kappa shape index (κ3) is 13.2. The van der Waals surface area contributed by atoms with Gasteiger partial charge in [0.25, 0.3) is 5.88 Å². The van der Waals surface area contributed by atoms with E-state index in [2.05, 4.69) is 49.6 Å². The van der Waals surface area contributed by atoms with Crippen molar-refractivity contribution in [2.24, 2.45) is 5.92 Å². The van der Waals surface area contributed by atoms with Gasteiger partial charge in [-0.25, -0.2) is 0 Å². The number of hydrogen-bond donors (Lipinski definition) is 0. The summed E-state index contributed by atoms with van der Waals surface area (Å²) in [6.07, 6.45) is 13.9. The Labute approximate surface area is 233 Å². The number of esters is 1. The van der Waals surface area contributed by atoms with Crippen molar-refractivity contribution in [2.45, 2.75) is 132 Å². The molecule has 0 fully saturated rings. The predicted octanol–water partition coefficient (Wildman–Crippen LogP) is 8.67. The van der Waals surface area contributed by atoms with E-state index in [-0.39, 0.29) is 18.1 Å². The molecule has 2 heterocycles. The molecule has 7 heteroatoms. The fraction of sp³-hybridized carbons (Fsp3) is 0.833. The summed E-state index contributed by atoms with van der Waals surface area (Å²) in [5.41, 5.74) is 2.02. The van der Waals surface area contributed by atoms with Gasteiger partial charge in [0, 0.05) is 24.3 Å². The molecule has 0 radical (unpaired) electrons. The van der Waals surface area contributed by atoms with Gasteiger partial charge in [-0.05, 0) is 12.8 Å². The van der Waals surface area contributed by atoms with Crippen LogP contribution in [-0.2, 0) is 9.53 Å². The standard InChI is InChI=1S/C26H46N3O3S.2C2H6/c1-6-8-10-12-13-17-23(30)32-26(21(3)4)29(5)18-15-16-22(20-29)24-25(28-33-27-24)31-19-14-11-9-7-2;2*1-2/h16,21,26H,6-15,17-20H2,1-5H3;2*1-2H3/q+1;;. The number of carbonyl (C=O) groups is 1. The van der Waals surface area contributed by atoms with E-state index < -0.39 is 0 Å². The van der Waals surface area contributed by atoms with Crippen molar-refractivity contribution in [1.82, 2.24) is 8.75 Å². The van der Waals surface area contributed by atoms with Crippen molar-refractivity contribution in [1.29, 1.82) is 0 Å². The molecule has 0 spiro atoms. The summed E-state index contributed by atoms with van der Waals surface area (Å²) in [5, 5.41) is 0. The van der Waals surface area contributed by atoms with Crippen LogP contribution in [0.2, 0.25) is 0 Å². The van der Waals surface area contributed by atoms with Crippen LogP contribution in [0.15, 0.2) is 6.08 Å². The predicted molar refractivity (Wildman–Crippen MR) is 159 cm³/mol. The number of nitrogens with zero attached hydrogens (tertiary/aromatic N) is 3. The second kappa shape index (κ2) is 21.5. The van der Waals surface area contributed by atoms with Gasteiger partial charge in [-0.3, -0.25) is 9.28 Å². The zero-order chi connectivity index (χ0) is 28.1. The van der Waals surface area contributed by atoms with Crippen LogP contribution in [0.4, 0.5) is 0 Å². The van der Waals surface area contributed by atoms with Crippen LogP contribution < -0.4 is 4.74 Å². The van der Waals surface area contributed by atoms with Crippen LogP contribution in [0.25, 0.3) is 5.57 Å². The Hall–Kier alpha value is -1.47. The number of ether oxygens (including phenoxy) is 2. The highest BCUT2D eigenvalue weighted by Crippen LogP contribution is 2.33. The average molecular weight is 541 g/mol. The maximum absolute atomic E-state index is 12.6. The average Bonchev–Trinajstić information content (AvgIpc) is 3.38. The summed E-state index contributed by atoms with van der Waals surface area (Å²) in [4.78, 5) is 12.6. The van der Waals surface area contributed by atoms with Gasteiger partial charge in [-0.1, -0.05) is 106 Å². The Morgan fingerprint density at radius 1 is 0.973 bits per heavy atom. The maximum Gasteiger partial charge on any atom is 0.310 e. The molecule has 1 aliphatic heterocycles. The highest BCUT2D eigenvalue weighted by molar-refractivity contribution is 6.99. The molecule has 6 nitrogen and oxygen atoms in total. The minimum absolute atomic E-state index is 0.0629. The van der Waals surface area contributed by atoms with E-state index in [1.54, 1.807) is 0 Å². The van der Waals surface area contributed by atoms with E-state index in [0.717, 1.165) is 50.0 Å². The Morgan fingerprint density at radius 3 is 2.22 bits per heavy atom. The molecule has 1 aromatic heterocycles. The Balaban J connectivity index is 0.00000308. The normalized spacial score (nSPS) is 17.6. The van der Waals surface area contributed by atoms with Crippen LogP contribution in [0.3, 0.4) is 0 Å². The monoisotopic (exact) mass is 540 g/mol. The summed E-state index contributed by atoms with van der Waals surface area (Å²) >= 11 is 1.21. The molecule has 2 rings (SSSR count). The zero-order valence-electron chi connectivity index (χ0n) is 25.6. The first-order valence-electron chi connectivity index (χ1n) is 15.1. The first kappa shape index (κ1) is 35.5. The van der Waals surface area contributed by atoms with Gasteiger partial charge in [0.2, 0.25) is 6.23 Å². The number of carbonyl (C=O) groups excluding carboxylic acids is 1. The minimum atomic E-state index is -0.165. The number of likely N-dealkylation sites (N-methyl/N-ethyl adjacent to an activating group) is 1. The van der Waals surface area contributed by atoms with Gasteiger partial charge in [0.1, 0.15) is 12.2 Å². The van der Waals surface area contributed by atoms with Crippen LogP contribution in [-0.4, -0.2) is 52.2 Å². The molecule has 0 saturated heterocycles. The molecule has 0 N–H and O–H groups in total.